The number of methoxy groups -OCH3 is 1. The topological polar surface area (TPSA) is 92.5 Å². The maximum absolute atomic E-state index is 9.34. The molecule has 0 amide bonds. The van der Waals surface area contributed by atoms with Crippen LogP contribution in [0.3, 0.4) is 0 Å². The van der Waals surface area contributed by atoms with Crippen molar-refractivity contribution >= 4 is 11.6 Å². The first kappa shape index (κ1) is 21.6. The van der Waals surface area contributed by atoms with Crippen LogP contribution in [-0.4, -0.2) is 61.4 Å². The lowest BCUT2D eigenvalue weighted by molar-refractivity contribution is 0.0322. The van der Waals surface area contributed by atoms with Crippen LogP contribution in [-0.2, 0) is 4.74 Å². The smallest absolute Gasteiger partial charge is 0.227 e. The molecule has 164 valence electrons. The second-order valence-corrected chi connectivity index (χ2v) is 7.25. The van der Waals surface area contributed by atoms with Crippen molar-refractivity contribution in [2.45, 2.75) is 0 Å². The van der Waals surface area contributed by atoms with Gasteiger partial charge in [-0.15, -0.1) is 0 Å². The van der Waals surface area contributed by atoms with Gasteiger partial charge in [-0.1, -0.05) is 6.07 Å². The highest BCUT2D eigenvalue weighted by Crippen LogP contribution is 2.26. The van der Waals surface area contributed by atoms with Crippen molar-refractivity contribution in [1.82, 2.24) is 14.9 Å². The van der Waals surface area contributed by atoms with E-state index in [0.717, 1.165) is 49.8 Å². The first-order valence-corrected chi connectivity index (χ1v) is 10.5. The van der Waals surface area contributed by atoms with Crippen molar-refractivity contribution in [2.24, 2.45) is 0 Å². The average molecular weight is 431 g/mol. The maximum atomic E-state index is 9.34. The lowest BCUT2D eigenvalue weighted by Gasteiger charge is -2.26. The number of ether oxygens (including phenoxy) is 3. The van der Waals surface area contributed by atoms with Gasteiger partial charge < -0.3 is 19.5 Å². The normalized spacial score (nSPS) is 13.9. The van der Waals surface area contributed by atoms with E-state index in [-0.39, 0.29) is 0 Å². The molecule has 0 atom stereocenters. The molecule has 2 aromatic carbocycles. The van der Waals surface area contributed by atoms with Crippen LogP contribution < -0.4 is 14.8 Å². The van der Waals surface area contributed by atoms with Crippen molar-refractivity contribution in [2.75, 3.05) is 51.9 Å². The van der Waals surface area contributed by atoms with Gasteiger partial charge in [0.25, 0.3) is 0 Å². The Bertz CT molecular complexity index is 1090. The molecule has 1 aliphatic rings. The van der Waals surface area contributed by atoms with Gasteiger partial charge in [0.15, 0.2) is 0 Å². The number of aromatic nitrogens is 2. The summed E-state index contributed by atoms with van der Waals surface area (Å²) in [5, 5.41) is 12.6. The van der Waals surface area contributed by atoms with Crippen LogP contribution in [0.4, 0.5) is 11.6 Å². The molecule has 1 fully saturated rings. The van der Waals surface area contributed by atoms with E-state index in [9.17, 15) is 5.26 Å². The Labute approximate surface area is 187 Å². The molecule has 32 heavy (non-hydrogen) atoms. The lowest BCUT2D eigenvalue weighted by Crippen LogP contribution is -2.38. The zero-order valence-electron chi connectivity index (χ0n) is 18.0. The Hall–Kier alpha value is -3.67. The van der Waals surface area contributed by atoms with Crippen molar-refractivity contribution in [3.63, 3.8) is 0 Å². The zero-order valence-corrected chi connectivity index (χ0v) is 18.0. The van der Waals surface area contributed by atoms with Gasteiger partial charge in [0, 0.05) is 43.1 Å². The zero-order chi connectivity index (χ0) is 22.2. The summed E-state index contributed by atoms with van der Waals surface area (Å²) in [4.78, 5) is 11.2. The fraction of sp³-hybridized carbons (Fsp3) is 0.292. The molecule has 3 aromatic rings. The van der Waals surface area contributed by atoms with Gasteiger partial charge in [-0.05, 0) is 36.4 Å². The lowest BCUT2D eigenvalue weighted by atomic mass is 10.1. The molecule has 2 heterocycles. The van der Waals surface area contributed by atoms with Crippen LogP contribution in [0, 0.1) is 11.3 Å². The third-order valence-electron chi connectivity index (χ3n) is 5.14. The van der Waals surface area contributed by atoms with Crippen LogP contribution in [0.2, 0.25) is 0 Å². The predicted molar refractivity (Wildman–Crippen MR) is 121 cm³/mol. The molecule has 0 unspecified atom stereocenters. The molecule has 0 radical (unpaired) electrons. The second kappa shape index (κ2) is 10.6. The Morgan fingerprint density at radius 3 is 2.84 bits per heavy atom. The van der Waals surface area contributed by atoms with Gasteiger partial charge in [0.2, 0.25) is 5.95 Å². The molecule has 8 nitrogen and oxygen atoms in total. The van der Waals surface area contributed by atoms with E-state index >= 15 is 0 Å². The number of nitrogens with zero attached hydrogens (tertiary/aromatic N) is 4. The summed E-state index contributed by atoms with van der Waals surface area (Å²) in [6.45, 7) is 4.96. The Balaban J connectivity index is 1.41. The number of nitriles is 1. The highest BCUT2D eigenvalue weighted by atomic mass is 16.5. The van der Waals surface area contributed by atoms with Crippen LogP contribution in [0.15, 0.2) is 54.7 Å². The minimum atomic E-state index is 0.458. The van der Waals surface area contributed by atoms with Crippen LogP contribution in [0.1, 0.15) is 5.56 Å². The van der Waals surface area contributed by atoms with Crippen molar-refractivity contribution in [1.29, 1.82) is 5.26 Å². The van der Waals surface area contributed by atoms with Crippen LogP contribution >= 0.6 is 0 Å². The molecule has 1 saturated heterocycles. The second-order valence-electron chi connectivity index (χ2n) is 7.25. The van der Waals surface area contributed by atoms with Crippen molar-refractivity contribution in [3.8, 4) is 28.8 Å². The largest absolute Gasteiger partial charge is 0.495 e. The van der Waals surface area contributed by atoms with E-state index in [1.165, 1.54) is 0 Å². The number of benzene rings is 2. The van der Waals surface area contributed by atoms with E-state index in [4.69, 9.17) is 14.2 Å². The number of hydrogen-bond acceptors (Lipinski definition) is 8. The quantitative estimate of drug-likeness (QED) is 0.580. The SMILES string of the molecule is COc1ccc(-c2ccnc(Nc3cccc(OCCN4CCOCC4)c3)n2)cc1C#N. The number of morpholine rings is 1. The molecule has 0 bridgehead atoms. The molecule has 0 aliphatic carbocycles. The van der Waals surface area contributed by atoms with Gasteiger partial charge in [-0.3, -0.25) is 4.90 Å². The summed E-state index contributed by atoms with van der Waals surface area (Å²) in [6.07, 6.45) is 1.68. The highest BCUT2D eigenvalue weighted by Gasteiger charge is 2.10. The number of anilines is 2. The third kappa shape index (κ3) is 5.52. The van der Waals surface area contributed by atoms with Gasteiger partial charge >= 0.3 is 0 Å². The summed E-state index contributed by atoms with van der Waals surface area (Å²) in [7, 11) is 1.54. The molecule has 0 saturated carbocycles. The van der Waals surface area contributed by atoms with Crippen molar-refractivity contribution < 1.29 is 14.2 Å². The van der Waals surface area contributed by atoms with E-state index in [0.29, 0.717) is 29.6 Å². The maximum Gasteiger partial charge on any atom is 0.227 e. The van der Waals surface area contributed by atoms with Gasteiger partial charge in [0.05, 0.1) is 31.6 Å². The Morgan fingerprint density at radius 1 is 1.16 bits per heavy atom. The van der Waals surface area contributed by atoms with E-state index in [1.54, 1.807) is 31.5 Å². The third-order valence-corrected chi connectivity index (χ3v) is 5.14. The number of rotatable bonds is 8. The molecular weight excluding hydrogens is 406 g/mol. The van der Waals surface area contributed by atoms with Gasteiger partial charge in [0.1, 0.15) is 24.2 Å². The molecular formula is C24H25N5O3. The summed E-state index contributed by atoms with van der Waals surface area (Å²) in [5.41, 5.74) is 2.81. The summed E-state index contributed by atoms with van der Waals surface area (Å²) < 4.78 is 16.5. The minimum absolute atomic E-state index is 0.458. The molecule has 1 N–H and O–H groups in total. The Morgan fingerprint density at radius 2 is 2.03 bits per heavy atom. The van der Waals surface area contributed by atoms with Crippen LogP contribution in [0.5, 0.6) is 11.5 Å². The first-order valence-electron chi connectivity index (χ1n) is 10.5. The summed E-state index contributed by atoms with van der Waals surface area (Å²) >= 11 is 0. The van der Waals surface area contributed by atoms with Crippen LogP contribution in [0.25, 0.3) is 11.3 Å². The molecule has 4 rings (SSSR count). The highest BCUT2D eigenvalue weighted by molar-refractivity contribution is 5.66. The molecule has 1 aliphatic heterocycles. The summed E-state index contributed by atoms with van der Waals surface area (Å²) in [6, 6.07) is 17.1. The van der Waals surface area contributed by atoms with E-state index < -0.39 is 0 Å². The summed E-state index contributed by atoms with van der Waals surface area (Å²) in [5.74, 6) is 1.78. The van der Waals surface area contributed by atoms with Crippen molar-refractivity contribution in [3.05, 3.63) is 60.3 Å². The number of hydrogen-bond donors (Lipinski definition) is 1. The monoisotopic (exact) mass is 431 g/mol. The molecule has 8 heteroatoms. The molecule has 0 spiro atoms. The minimum Gasteiger partial charge on any atom is -0.495 e. The van der Waals surface area contributed by atoms with Gasteiger partial charge in [-0.25, -0.2) is 9.97 Å². The fourth-order valence-corrected chi connectivity index (χ4v) is 3.44. The standard InChI is InChI=1S/C24H25N5O3/c1-30-23-6-5-18(15-19(23)17-25)22-7-8-26-24(28-22)27-20-3-2-4-21(16-20)32-14-11-29-9-12-31-13-10-29/h2-8,15-16H,9-14H2,1H3,(H,26,27,28). The number of nitrogens with one attached hydrogen (secondary N) is 1. The first-order chi connectivity index (χ1) is 15.7. The fourth-order valence-electron chi connectivity index (χ4n) is 3.44. The predicted octanol–water partition coefficient (Wildman–Crippen LogP) is 3.48. The average Bonchev–Trinajstić information content (AvgIpc) is 2.85. The Kier molecular flexibility index (Phi) is 7.12. The van der Waals surface area contributed by atoms with E-state index in [2.05, 4.69) is 26.3 Å². The molecule has 1 aromatic heterocycles. The van der Waals surface area contributed by atoms with Gasteiger partial charge in [-0.2, -0.15) is 5.26 Å². The van der Waals surface area contributed by atoms with E-state index in [1.807, 2.05) is 30.3 Å².